The van der Waals surface area contributed by atoms with E-state index in [1.807, 2.05) is 11.8 Å². The molecule has 2 N–H and O–H groups in total. The number of halogens is 1. The van der Waals surface area contributed by atoms with Gasteiger partial charge in [-0.2, -0.15) is 0 Å². The minimum absolute atomic E-state index is 0. The standard InChI is InChI=1S/C16H22N2O2.ClH/c1-11(17)13-7-9-18(10-8-13)16(20)15-5-3-14(4-6-15)12(2)19;/h3-6,11,13H,7-10,17H2,1-2H3;1H. The highest BCUT2D eigenvalue weighted by Crippen LogP contribution is 2.21. The highest BCUT2D eigenvalue weighted by molar-refractivity contribution is 5.97. The van der Waals surface area contributed by atoms with Gasteiger partial charge in [-0.15, -0.1) is 12.4 Å². The number of hydrogen-bond acceptors (Lipinski definition) is 3. The number of benzene rings is 1. The van der Waals surface area contributed by atoms with Crippen LogP contribution in [0.4, 0.5) is 0 Å². The van der Waals surface area contributed by atoms with Crippen LogP contribution in [-0.4, -0.2) is 35.7 Å². The molecule has 0 aliphatic carbocycles. The largest absolute Gasteiger partial charge is 0.339 e. The van der Waals surface area contributed by atoms with Gasteiger partial charge in [0.15, 0.2) is 5.78 Å². The number of amides is 1. The molecule has 21 heavy (non-hydrogen) atoms. The fourth-order valence-corrected chi connectivity index (χ4v) is 2.66. The molecule has 0 spiro atoms. The van der Waals surface area contributed by atoms with Crippen molar-refractivity contribution in [3.05, 3.63) is 35.4 Å². The minimum atomic E-state index is 0. The lowest BCUT2D eigenvalue weighted by Crippen LogP contribution is -2.42. The molecule has 1 unspecified atom stereocenters. The number of rotatable bonds is 3. The smallest absolute Gasteiger partial charge is 0.253 e. The van der Waals surface area contributed by atoms with E-state index in [9.17, 15) is 9.59 Å². The van der Waals surface area contributed by atoms with Gasteiger partial charge in [-0.05, 0) is 44.7 Å². The van der Waals surface area contributed by atoms with Crippen molar-refractivity contribution >= 4 is 24.1 Å². The minimum Gasteiger partial charge on any atom is -0.339 e. The molecule has 1 atom stereocenters. The number of likely N-dealkylation sites (tertiary alicyclic amines) is 1. The van der Waals surface area contributed by atoms with Crippen LogP contribution in [0.15, 0.2) is 24.3 Å². The van der Waals surface area contributed by atoms with Crippen LogP contribution in [0, 0.1) is 5.92 Å². The number of nitrogens with zero attached hydrogens (tertiary/aromatic N) is 1. The molecule has 0 aromatic heterocycles. The lowest BCUT2D eigenvalue weighted by atomic mass is 9.90. The normalized spacial score (nSPS) is 17.0. The van der Waals surface area contributed by atoms with E-state index in [2.05, 4.69) is 0 Å². The number of carbonyl (C=O) groups is 2. The molecule has 1 saturated heterocycles. The first-order valence-electron chi connectivity index (χ1n) is 7.15. The van der Waals surface area contributed by atoms with E-state index in [1.165, 1.54) is 6.92 Å². The first-order valence-corrected chi connectivity index (χ1v) is 7.15. The van der Waals surface area contributed by atoms with Gasteiger partial charge >= 0.3 is 0 Å². The third-order valence-corrected chi connectivity index (χ3v) is 4.11. The summed E-state index contributed by atoms with van der Waals surface area (Å²) in [4.78, 5) is 25.5. The van der Waals surface area contributed by atoms with Crippen molar-refractivity contribution in [1.29, 1.82) is 0 Å². The summed E-state index contributed by atoms with van der Waals surface area (Å²) in [6, 6.07) is 7.09. The Morgan fingerprint density at radius 2 is 1.62 bits per heavy atom. The van der Waals surface area contributed by atoms with E-state index in [0.717, 1.165) is 25.9 Å². The summed E-state index contributed by atoms with van der Waals surface area (Å²) in [6.45, 7) is 5.08. The Hall–Kier alpha value is -1.39. The van der Waals surface area contributed by atoms with Crippen LogP contribution in [0.2, 0.25) is 0 Å². The Balaban J connectivity index is 0.00000220. The van der Waals surface area contributed by atoms with Gasteiger partial charge in [0, 0.05) is 30.3 Å². The fourth-order valence-electron chi connectivity index (χ4n) is 2.66. The third-order valence-electron chi connectivity index (χ3n) is 4.11. The van der Waals surface area contributed by atoms with Gasteiger partial charge in [0.25, 0.3) is 5.91 Å². The quantitative estimate of drug-likeness (QED) is 0.873. The number of carbonyl (C=O) groups excluding carboxylic acids is 2. The maximum atomic E-state index is 12.4. The summed E-state index contributed by atoms with van der Waals surface area (Å²) in [6.07, 6.45) is 1.93. The molecule has 1 aliphatic rings. The Bertz CT molecular complexity index is 492. The number of Topliss-reactive ketones (excluding diaryl/α,β-unsaturated/α-hetero) is 1. The first kappa shape index (κ1) is 17.7. The molecule has 1 fully saturated rings. The first-order chi connectivity index (χ1) is 9.49. The second-order valence-electron chi connectivity index (χ2n) is 5.62. The average Bonchev–Trinajstić information content (AvgIpc) is 2.46. The topological polar surface area (TPSA) is 63.4 Å². The van der Waals surface area contributed by atoms with Crippen LogP contribution >= 0.6 is 12.4 Å². The third kappa shape index (κ3) is 4.29. The predicted octanol–water partition coefficient (Wildman–Crippen LogP) is 2.51. The highest BCUT2D eigenvalue weighted by atomic mass is 35.5. The van der Waals surface area contributed by atoms with E-state index >= 15 is 0 Å². The molecule has 0 bridgehead atoms. The van der Waals surface area contributed by atoms with Crippen LogP contribution in [0.25, 0.3) is 0 Å². The van der Waals surface area contributed by atoms with Crippen molar-refractivity contribution in [3.8, 4) is 0 Å². The maximum Gasteiger partial charge on any atom is 0.253 e. The van der Waals surface area contributed by atoms with Crippen molar-refractivity contribution in [1.82, 2.24) is 4.90 Å². The second-order valence-corrected chi connectivity index (χ2v) is 5.62. The Kier molecular flexibility index (Phi) is 6.37. The molecule has 5 heteroatoms. The summed E-state index contributed by atoms with van der Waals surface area (Å²) in [5.41, 5.74) is 7.19. The summed E-state index contributed by atoms with van der Waals surface area (Å²) in [5.74, 6) is 0.573. The van der Waals surface area contributed by atoms with Gasteiger partial charge in [0.05, 0.1) is 0 Å². The zero-order valence-electron chi connectivity index (χ0n) is 12.5. The molecule has 1 aromatic rings. The molecule has 4 nitrogen and oxygen atoms in total. The van der Waals surface area contributed by atoms with Gasteiger partial charge in [0.1, 0.15) is 0 Å². The van der Waals surface area contributed by atoms with E-state index < -0.39 is 0 Å². The number of hydrogen-bond donors (Lipinski definition) is 1. The Labute approximate surface area is 132 Å². The van der Waals surface area contributed by atoms with Crippen molar-refractivity contribution in [3.63, 3.8) is 0 Å². The number of piperidine rings is 1. The van der Waals surface area contributed by atoms with Crippen LogP contribution in [-0.2, 0) is 0 Å². The van der Waals surface area contributed by atoms with Crippen LogP contribution in [0.3, 0.4) is 0 Å². The van der Waals surface area contributed by atoms with E-state index in [1.54, 1.807) is 24.3 Å². The van der Waals surface area contributed by atoms with Gasteiger partial charge in [-0.1, -0.05) is 12.1 Å². The monoisotopic (exact) mass is 310 g/mol. The molecule has 2 rings (SSSR count). The van der Waals surface area contributed by atoms with Gasteiger partial charge in [-0.25, -0.2) is 0 Å². The molecule has 1 aliphatic heterocycles. The molecular formula is C16H23ClN2O2. The lowest BCUT2D eigenvalue weighted by Gasteiger charge is -2.33. The summed E-state index contributed by atoms with van der Waals surface area (Å²) in [5, 5.41) is 0. The molecule has 116 valence electrons. The second kappa shape index (κ2) is 7.57. The van der Waals surface area contributed by atoms with E-state index in [0.29, 0.717) is 17.0 Å². The zero-order valence-corrected chi connectivity index (χ0v) is 13.4. The average molecular weight is 311 g/mol. The van der Waals surface area contributed by atoms with Crippen LogP contribution < -0.4 is 5.73 Å². The number of nitrogens with two attached hydrogens (primary N) is 1. The molecule has 0 saturated carbocycles. The van der Waals surface area contributed by atoms with Gasteiger partial charge in [0.2, 0.25) is 0 Å². The summed E-state index contributed by atoms with van der Waals surface area (Å²) < 4.78 is 0. The van der Waals surface area contributed by atoms with E-state index in [-0.39, 0.29) is 30.1 Å². The fraction of sp³-hybridized carbons (Fsp3) is 0.500. The van der Waals surface area contributed by atoms with Gasteiger partial charge in [-0.3, -0.25) is 9.59 Å². The van der Waals surface area contributed by atoms with E-state index in [4.69, 9.17) is 5.73 Å². The molecule has 0 radical (unpaired) electrons. The Morgan fingerprint density at radius 1 is 1.14 bits per heavy atom. The Morgan fingerprint density at radius 3 is 2.05 bits per heavy atom. The van der Waals surface area contributed by atoms with Crippen LogP contribution in [0.5, 0.6) is 0 Å². The molecule has 1 aromatic carbocycles. The summed E-state index contributed by atoms with van der Waals surface area (Å²) in [7, 11) is 0. The molecule has 1 heterocycles. The molecule has 1 amide bonds. The van der Waals surface area contributed by atoms with Crippen molar-refractivity contribution in [2.24, 2.45) is 11.7 Å². The van der Waals surface area contributed by atoms with Crippen LogP contribution in [0.1, 0.15) is 47.4 Å². The lowest BCUT2D eigenvalue weighted by molar-refractivity contribution is 0.0680. The van der Waals surface area contributed by atoms with Crippen molar-refractivity contribution in [2.75, 3.05) is 13.1 Å². The molecular weight excluding hydrogens is 288 g/mol. The van der Waals surface area contributed by atoms with Crippen molar-refractivity contribution < 1.29 is 9.59 Å². The maximum absolute atomic E-state index is 12.4. The SMILES string of the molecule is CC(=O)c1ccc(C(=O)N2CCC(C(C)N)CC2)cc1.Cl. The zero-order chi connectivity index (χ0) is 14.7. The number of ketones is 1. The summed E-state index contributed by atoms with van der Waals surface area (Å²) >= 11 is 0. The predicted molar refractivity (Wildman–Crippen MR) is 86.0 cm³/mol. The van der Waals surface area contributed by atoms with Gasteiger partial charge < -0.3 is 10.6 Å². The highest BCUT2D eigenvalue weighted by Gasteiger charge is 2.25. The van der Waals surface area contributed by atoms with Crippen molar-refractivity contribution in [2.45, 2.75) is 32.7 Å².